The molecule has 0 aliphatic heterocycles. The van der Waals surface area contributed by atoms with Crippen molar-refractivity contribution in [3.63, 3.8) is 0 Å². The topological polar surface area (TPSA) is 78.4 Å². The molecule has 0 bridgehead atoms. The lowest BCUT2D eigenvalue weighted by Crippen LogP contribution is -2.48. The van der Waals surface area contributed by atoms with Crippen LogP contribution in [0, 0.1) is 0 Å². The van der Waals surface area contributed by atoms with Gasteiger partial charge in [0.15, 0.2) is 0 Å². The molecule has 2 amide bonds. The van der Waals surface area contributed by atoms with Crippen LogP contribution in [0.1, 0.15) is 33.6 Å². The maximum atomic E-state index is 11.1. The first-order chi connectivity index (χ1) is 6.37. The largest absolute Gasteiger partial charge is 0.481 e. The molecule has 0 aliphatic carbocycles. The van der Waals surface area contributed by atoms with Gasteiger partial charge in [0, 0.05) is 18.5 Å². The number of rotatable bonds is 5. The van der Waals surface area contributed by atoms with Gasteiger partial charge in [-0.1, -0.05) is 0 Å². The second kappa shape index (κ2) is 5.47. The van der Waals surface area contributed by atoms with Crippen LogP contribution in [-0.4, -0.2) is 29.2 Å². The molecule has 0 unspecified atom stereocenters. The van der Waals surface area contributed by atoms with Crippen LogP contribution in [0.4, 0.5) is 4.79 Å². The lowest BCUT2D eigenvalue weighted by atomic mass is 9.99. The predicted octanol–water partition coefficient (Wildman–Crippen LogP) is 0.949. The lowest BCUT2D eigenvalue weighted by molar-refractivity contribution is -0.137. The molecule has 5 nitrogen and oxygen atoms in total. The maximum absolute atomic E-state index is 11.1. The van der Waals surface area contributed by atoms with Crippen LogP contribution >= 0.6 is 0 Å². The Morgan fingerprint density at radius 1 is 1.36 bits per heavy atom. The molecule has 14 heavy (non-hydrogen) atoms. The Kier molecular flexibility index (Phi) is 4.97. The van der Waals surface area contributed by atoms with Crippen molar-refractivity contribution < 1.29 is 14.7 Å². The van der Waals surface area contributed by atoms with Crippen molar-refractivity contribution >= 4 is 12.0 Å². The fourth-order valence-electron chi connectivity index (χ4n) is 0.994. The van der Waals surface area contributed by atoms with E-state index in [2.05, 4.69) is 10.6 Å². The minimum Gasteiger partial charge on any atom is -0.481 e. The van der Waals surface area contributed by atoms with Crippen LogP contribution in [0.3, 0.4) is 0 Å². The van der Waals surface area contributed by atoms with Gasteiger partial charge in [0.2, 0.25) is 0 Å². The van der Waals surface area contributed by atoms with Gasteiger partial charge in [-0.3, -0.25) is 4.79 Å². The van der Waals surface area contributed by atoms with Crippen LogP contribution in [0.25, 0.3) is 0 Å². The second-order valence-electron chi connectivity index (χ2n) is 3.76. The SMILES string of the molecule is CCNC(=O)NC(C)(C)CCC(=O)O. The fraction of sp³-hybridized carbons (Fsp3) is 0.778. The highest BCUT2D eigenvalue weighted by atomic mass is 16.4. The number of aliphatic carboxylic acids is 1. The summed E-state index contributed by atoms with van der Waals surface area (Å²) in [6, 6.07) is -0.261. The first-order valence-electron chi connectivity index (χ1n) is 4.65. The van der Waals surface area contributed by atoms with E-state index in [-0.39, 0.29) is 12.5 Å². The molecule has 0 atom stereocenters. The number of carboxylic acids is 1. The van der Waals surface area contributed by atoms with Gasteiger partial charge in [-0.15, -0.1) is 0 Å². The number of carbonyl (C=O) groups is 2. The van der Waals surface area contributed by atoms with E-state index >= 15 is 0 Å². The summed E-state index contributed by atoms with van der Waals surface area (Å²) in [7, 11) is 0. The van der Waals surface area contributed by atoms with Gasteiger partial charge in [-0.2, -0.15) is 0 Å². The number of urea groups is 1. The van der Waals surface area contributed by atoms with Crippen molar-refractivity contribution in [1.29, 1.82) is 0 Å². The summed E-state index contributed by atoms with van der Waals surface area (Å²) >= 11 is 0. The highest BCUT2D eigenvalue weighted by Crippen LogP contribution is 2.10. The molecule has 5 heteroatoms. The molecule has 0 heterocycles. The minimum absolute atomic E-state index is 0.0550. The standard InChI is InChI=1S/C9H18N2O3/c1-4-10-8(14)11-9(2,3)6-5-7(12)13/h4-6H2,1-3H3,(H,12,13)(H2,10,11,14). The second-order valence-corrected chi connectivity index (χ2v) is 3.76. The Labute approximate surface area is 83.9 Å². The molecule has 0 aromatic heterocycles. The molecule has 0 radical (unpaired) electrons. The lowest BCUT2D eigenvalue weighted by Gasteiger charge is -2.25. The number of carboxylic acid groups (broad SMARTS) is 1. The zero-order valence-corrected chi connectivity index (χ0v) is 8.89. The molecule has 0 saturated heterocycles. The summed E-state index contributed by atoms with van der Waals surface area (Å²) in [5, 5.41) is 13.8. The molecular formula is C9H18N2O3. The van der Waals surface area contributed by atoms with Gasteiger partial charge in [0.05, 0.1) is 0 Å². The van der Waals surface area contributed by atoms with E-state index in [0.29, 0.717) is 13.0 Å². The van der Waals surface area contributed by atoms with Gasteiger partial charge >= 0.3 is 12.0 Å². The third-order valence-corrected chi connectivity index (χ3v) is 1.75. The Balaban J connectivity index is 3.93. The Hall–Kier alpha value is -1.26. The van der Waals surface area contributed by atoms with E-state index in [1.165, 1.54) is 0 Å². The molecule has 0 aromatic carbocycles. The molecule has 0 aliphatic rings. The first kappa shape index (κ1) is 12.7. The smallest absolute Gasteiger partial charge is 0.315 e. The van der Waals surface area contributed by atoms with Gasteiger partial charge < -0.3 is 15.7 Å². The summed E-state index contributed by atoms with van der Waals surface area (Å²) in [5.41, 5.74) is -0.488. The molecule has 0 aromatic rings. The van der Waals surface area contributed by atoms with E-state index in [1.54, 1.807) is 13.8 Å². The normalized spacial score (nSPS) is 10.8. The highest BCUT2D eigenvalue weighted by molar-refractivity contribution is 5.74. The van der Waals surface area contributed by atoms with Crippen molar-refractivity contribution in [3.05, 3.63) is 0 Å². The molecule has 0 rings (SSSR count). The summed E-state index contributed by atoms with van der Waals surface area (Å²) in [4.78, 5) is 21.5. The summed E-state index contributed by atoms with van der Waals surface area (Å²) in [6.07, 6.45) is 0.471. The number of carbonyl (C=O) groups excluding carboxylic acids is 1. The van der Waals surface area contributed by atoms with Crippen molar-refractivity contribution in [2.45, 2.75) is 39.2 Å². The zero-order chi connectivity index (χ0) is 11.2. The van der Waals surface area contributed by atoms with E-state index in [0.717, 1.165) is 0 Å². The minimum atomic E-state index is -0.851. The van der Waals surface area contributed by atoms with Gasteiger partial charge in [-0.05, 0) is 27.2 Å². The average molecular weight is 202 g/mol. The summed E-state index contributed by atoms with van der Waals surface area (Å²) in [5.74, 6) is -0.851. The Bertz CT molecular complexity index is 214. The first-order valence-corrected chi connectivity index (χ1v) is 4.65. The van der Waals surface area contributed by atoms with E-state index in [1.807, 2.05) is 6.92 Å². The fourth-order valence-corrected chi connectivity index (χ4v) is 0.994. The van der Waals surface area contributed by atoms with Crippen molar-refractivity contribution in [3.8, 4) is 0 Å². The number of hydrogen-bond donors (Lipinski definition) is 3. The van der Waals surface area contributed by atoms with Crippen LogP contribution < -0.4 is 10.6 Å². The van der Waals surface area contributed by atoms with Gasteiger partial charge in [-0.25, -0.2) is 4.79 Å². The van der Waals surface area contributed by atoms with Crippen LogP contribution in [0.5, 0.6) is 0 Å². The quantitative estimate of drug-likeness (QED) is 0.621. The molecule has 0 saturated carbocycles. The maximum Gasteiger partial charge on any atom is 0.315 e. The van der Waals surface area contributed by atoms with Crippen LogP contribution in [0.2, 0.25) is 0 Å². The van der Waals surface area contributed by atoms with Crippen molar-refractivity contribution in [2.24, 2.45) is 0 Å². The predicted molar refractivity (Wildman–Crippen MR) is 53.2 cm³/mol. The Morgan fingerprint density at radius 2 is 1.93 bits per heavy atom. The van der Waals surface area contributed by atoms with Crippen LogP contribution in [0.15, 0.2) is 0 Å². The number of hydrogen-bond acceptors (Lipinski definition) is 2. The van der Waals surface area contributed by atoms with E-state index in [9.17, 15) is 9.59 Å². The molecule has 0 fully saturated rings. The number of nitrogens with one attached hydrogen (secondary N) is 2. The molecule has 82 valence electrons. The summed E-state index contributed by atoms with van der Waals surface area (Å²) < 4.78 is 0. The van der Waals surface area contributed by atoms with Crippen LogP contribution in [-0.2, 0) is 4.79 Å². The highest BCUT2D eigenvalue weighted by Gasteiger charge is 2.20. The number of amides is 2. The Morgan fingerprint density at radius 3 is 2.36 bits per heavy atom. The third-order valence-electron chi connectivity index (χ3n) is 1.75. The van der Waals surface area contributed by atoms with Gasteiger partial charge in [0.25, 0.3) is 0 Å². The van der Waals surface area contributed by atoms with Crippen molar-refractivity contribution in [2.75, 3.05) is 6.54 Å². The summed E-state index contributed by atoms with van der Waals surface area (Å²) in [6.45, 7) is 5.97. The van der Waals surface area contributed by atoms with E-state index in [4.69, 9.17) is 5.11 Å². The zero-order valence-electron chi connectivity index (χ0n) is 8.89. The van der Waals surface area contributed by atoms with E-state index < -0.39 is 11.5 Å². The van der Waals surface area contributed by atoms with Crippen molar-refractivity contribution in [1.82, 2.24) is 10.6 Å². The molecule has 3 N–H and O–H groups in total. The molecule has 0 spiro atoms. The molecular weight excluding hydrogens is 184 g/mol. The van der Waals surface area contributed by atoms with Gasteiger partial charge in [0.1, 0.15) is 0 Å². The average Bonchev–Trinajstić information content (AvgIpc) is 2.00. The third kappa shape index (κ3) is 6.28. The monoisotopic (exact) mass is 202 g/mol.